The third-order valence-corrected chi connectivity index (χ3v) is 2.07. The summed E-state index contributed by atoms with van der Waals surface area (Å²) in [6.45, 7) is 5.39. The monoisotopic (exact) mass is 208 g/mol. The first-order chi connectivity index (χ1) is 7.19. The molecule has 1 aromatic heterocycles. The number of carbonyl (C=O) groups is 1. The van der Waals surface area contributed by atoms with Crippen LogP contribution in [-0.4, -0.2) is 34.1 Å². The molecule has 0 bridgehead atoms. The lowest BCUT2D eigenvalue weighted by atomic mass is 10.3. The van der Waals surface area contributed by atoms with Crippen molar-refractivity contribution in [3.8, 4) is 0 Å². The van der Waals surface area contributed by atoms with Gasteiger partial charge in [-0.25, -0.2) is 0 Å². The molecule has 0 aromatic carbocycles. The third-order valence-electron chi connectivity index (χ3n) is 2.07. The van der Waals surface area contributed by atoms with E-state index in [2.05, 4.69) is 10.2 Å². The molecule has 1 rings (SSSR count). The summed E-state index contributed by atoms with van der Waals surface area (Å²) in [5, 5.41) is 7.42. The maximum absolute atomic E-state index is 11.9. The fourth-order valence-corrected chi connectivity index (χ4v) is 1.29. The van der Waals surface area contributed by atoms with Crippen molar-refractivity contribution >= 4 is 11.7 Å². The highest BCUT2D eigenvalue weighted by molar-refractivity contribution is 5.92. The van der Waals surface area contributed by atoms with Crippen LogP contribution in [0.3, 0.4) is 0 Å². The van der Waals surface area contributed by atoms with Gasteiger partial charge in [-0.15, -0.1) is 10.2 Å². The Morgan fingerprint density at radius 1 is 1.40 bits per heavy atom. The average Bonchev–Trinajstić information content (AvgIpc) is 2.26. The molecular formula is C10H16N4O. The Morgan fingerprint density at radius 3 is 2.60 bits per heavy atom. The maximum atomic E-state index is 11.9. The molecule has 0 fully saturated rings. The van der Waals surface area contributed by atoms with Gasteiger partial charge in [0.15, 0.2) is 5.69 Å². The van der Waals surface area contributed by atoms with E-state index in [1.807, 2.05) is 13.8 Å². The Labute approximate surface area is 89.3 Å². The van der Waals surface area contributed by atoms with Crippen molar-refractivity contribution < 1.29 is 4.79 Å². The number of anilines is 1. The van der Waals surface area contributed by atoms with Crippen molar-refractivity contribution in [2.45, 2.75) is 20.3 Å². The van der Waals surface area contributed by atoms with E-state index < -0.39 is 0 Å². The molecule has 0 atom stereocenters. The summed E-state index contributed by atoms with van der Waals surface area (Å²) < 4.78 is 0. The summed E-state index contributed by atoms with van der Waals surface area (Å²) in [6.07, 6.45) is 0.933. The van der Waals surface area contributed by atoms with Crippen LogP contribution in [0.5, 0.6) is 0 Å². The molecule has 5 heteroatoms. The number of nitrogens with zero attached hydrogens (tertiary/aromatic N) is 3. The van der Waals surface area contributed by atoms with Crippen LogP contribution in [0.4, 0.5) is 5.82 Å². The predicted molar refractivity (Wildman–Crippen MR) is 58.3 cm³/mol. The smallest absolute Gasteiger partial charge is 0.274 e. The van der Waals surface area contributed by atoms with Gasteiger partial charge < -0.3 is 10.6 Å². The molecule has 0 saturated heterocycles. The van der Waals surface area contributed by atoms with E-state index in [9.17, 15) is 4.79 Å². The zero-order chi connectivity index (χ0) is 11.3. The molecule has 0 aliphatic rings. The highest BCUT2D eigenvalue weighted by atomic mass is 16.2. The van der Waals surface area contributed by atoms with E-state index in [1.165, 1.54) is 0 Å². The number of amides is 1. The average molecular weight is 208 g/mol. The standard InChI is InChI=1S/C10H16N4O/c1-3-7-14(4-2)10(15)8-5-6-9(11)13-12-8/h5-6H,3-4,7H2,1-2H3,(H2,11,13). The zero-order valence-electron chi connectivity index (χ0n) is 9.10. The second kappa shape index (κ2) is 5.29. The lowest BCUT2D eigenvalue weighted by Gasteiger charge is -2.18. The first kappa shape index (κ1) is 11.4. The molecule has 0 saturated carbocycles. The minimum Gasteiger partial charge on any atom is -0.382 e. The normalized spacial score (nSPS) is 10.0. The second-order valence-corrected chi connectivity index (χ2v) is 3.23. The Bertz CT molecular complexity index is 323. The summed E-state index contributed by atoms with van der Waals surface area (Å²) in [6, 6.07) is 3.18. The Morgan fingerprint density at radius 2 is 2.13 bits per heavy atom. The van der Waals surface area contributed by atoms with E-state index in [0.29, 0.717) is 18.1 Å². The highest BCUT2D eigenvalue weighted by Gasteiger charge is 2.14. The van der Waals surface area contributed by atoms with Crippen LogP contribution < -0.4 is 5.73 Å². The number of nitrogens with two attached hydrogens (primary N) is 1. The van der Waals surface area contributed by atoms with Gasteiger partial charge in [0.2, 0.25) is 0 Å². The molecule has 0 aliphatic heterocycles. The fourth-order valence-electron chi connectivity index (χ4n) is 1.29. The lowest BCUT2D eigenvalue weighted by molar-refractivity contribution is 0.0757. The quantitative estimate of drug-likeness (QED) is 0.799. The van der Waals surface area contributed by atoms with E-state index in [0.717, 1.165) is 13.0 Å². The molecule has 2 N–H and O–H groups in total. The van der Waals surface area contributed by atoms with Crippen molar-refractivity contribution in [3.63, 3.8) is 0 Å². The highest BCUT2D eigenvalue weighted by Crippen LogP contribution is 2.03. The van der Waals surface area contributed by atoms with Gasteiger partial charge in [-0.1, -0.05) is 6.92 Å². The fraction of sp³-hybridized carbons (Fsp3) is 0.500. The number of aromatic nitrogens is 2. The molecule has 1 heterocycles. The predicted octanol–water partition coefficient (Wildman–Crippen LogP) is 0.931. The van der Waals surface area contributed by atoms with Gasteiger partial charge in [-0.2, -0.15) is 0 Å². The van der Waals surface area contributed by atoms with Crippen LogP contribution in [0.15, 0.2) is 12.1 Å². The van der Waals surface area contributed by atoms with Gasteiger partial charge in [-0.05, 0) is 25.5 Å². The molecule has 0 unspecified atom stereocenters. The summed E-state index contributed by atoms with van der Waals surface area (Å²) >= 11 is 0. The number of hydrogen-bond donors (Lipinski definition) is 1. The molecular weight excluding hydrogens is 192 g/mol. The van der Waals surface area contributed by atoms with E-state index in [-0.39, 0.29) is 5.91 Å². The maximum Gasteiger partial charge on any atom is 0.274 e. The Hall–Kier alpha value is -1.65. The Kier molecular flexibility index (Phi) is 4.03. The minimum atomic E-state index is -0.0909. The molecule has 0 spiro atoms. The summed E-state index contributed by atoms with van der Waals surface area (Å²) in [7, 11) is 0. The van der Waals surface area contributed by atoms with E-state index in [1.54, 1.807) is 17.0 Å². The number of rotatable bonds is 4. The van der Waals surface area contributed by atoms with Gasteiger partial charge in [0.05, 0.1) is 0 Å². The third kappa shape index (κ3) is 2.90. The van der Waals surface area contributed by atoms with Gasteiger partial charge in [0.1, 0.15) is 5.82 Å². The molecule has 0 radical (unpaired) electrons. The van der Waals surface area contributed by atoms with Crippen LogP contribution in [0.25, 0.3) is 0 Å². The van der Waals surface area contributed by atoms with Gasteiger partial charge in [0.25, 0.3) is 5.91 Å². The molecule has 1 amide bonds. The van der Waals surface area contributed by atoms with Gasteiger partial charge in [-0.3, -0.25) is 4.79 Å². The largest absolute Gasteiger partial charge is 0.382 e. The SMILES string of the molecule is CCCN(CC)C(=O)c1ccc(N)nn1. The molecule has 15 heavy (non-hydrogen) atoms. The van der Waals surface area contributed by atoms with Crippen LogP contribution in [0.1, 0.15) is 30.8 Å². The summed E-state index contributed by atoms with van der Waals surface area (Å²) in [5.74, 6) is 0.233. The topological polar surface area (TPSA) is 72.1 Å². The van der Waals surface area contributed by atoms with Gasteiger partial charge >= 0.3 is 0 Å². The molecule has 5 nitrogen and oxygen atoms in total. The van der Waals surface area contributed by atoms with Crippen LogP contribution in [0, 0.1) is 0 Å². The van der Waals surface area contributed by atoms with Crippen LogP contribution in [0.2, 0.25) is 0 Å². The summed E-state index contributed by atoms with van der Waals surface area (Å²) in [5.41, 5.74) is 5.74. The number of carbonyl (C=O) groups excluding carboxylic acids is 1. The first-order valence-electron chi connectivity index (χ1n) is 5.07. The Balaban J connectivity index is 2.78. The van der Waals surface area contributed by atoms with Crippen molar-refractivity contribution in [2.75, 3.05) is 18.8 Å². The lowest BCUT2D eigenvalue weighted by Crippen LogP contribution is -2.32. The van der Waals surface area contributed by atoms with Crippen molar-refractivity contribution in [1.29, 1.82) is 0 Å². The minimum absolute atomic E-state index is 0.0909. The van der Waals surface area contributed by atoms with E-state index in [4.69, 9.17) is 5.73 Å². The van der Waals surface area contributed by atoms with Crippen LogP contribution >= 0.6 is 0 Å². The molecule has 82 valence electrons. The number of nitrogen functional groups attached to an aromatic ring is 1. The van der Waals surface area contributed by atoms with Crippen molar-refractivity contribution in [3.05, 3.63) is 17.8 Å². The van der Waals surface area contributed by atoms with E-state index >= 15 is 0 Å². The summed E-state index contributed by atoms with van der Waals surface area (Å²) in [4.78, 5) is 13.6. The zero-order valence-corrected chi connectivity index (χ0v) is 9.10. The van der Waals surface area contributed by atoms with Crippen molar-refractivity contribution in [2.24, 2.45) is 0 Å². The molecule has 0 aliphatic carbocycles. The van der Waals surface area contributed by atoms with Gasteiger partial charge in [0, 0.05) is 13.1 Å². The second-order valence-electron chi connectivity index (χ2n) is 3.23. The molecule has 1 aromatic rings. The first-order valence-corrected chi connectivity index (χ1v) is 5.07. The van der Waals surface area contributed by atoms with Crippen molar-refractivity contribution in [1.82, 2.24) is 15.1 Å². The van der Waals surface area contributed by atoms with Crippen LogP contribution in [-0.2, 0) is 0 Å². The number of hydrogen-bond acceptors (Lipinski definition) is 4.